The molecule has 0 unspecified atom stereocenters. The van der Waals surface area contributed by atoms with Crippen molar-refractivity contribution in [1.29, 1.82) is 0 Å². The number of rotatable bonds is 5. The van der Waals surface area contributed by atoms with Gasteiger partial charge in [-0.25, -0.2) is 0 Å². The van der Waals surface area contributed by atoms with Crippen molar-refractivity contribution in [3.05, 3.63) is 28.2 Å². The first-order chi connectivity index (χ1) is 13.4. The predicted molar refractivity (Wildman–Crippen MR) is 107 cm³/mol. The van der Waals surface area contributed by atoms with Gasteiger partial charge in [0.05, 0.1) is 12.7 Å². The molecule has 4 rings (SSSR count). The third-order valence-corrected chi connectivity index (χ3v) is 7.49. The number of piperidine rings is 1. The Bertz CT molecular complexity index is 806. The molecule has 3 atom stereocenters. The molecule has 3 fully saturated rings. The van der Waals surface area contributed by atoms with Crippen molar-refractivity contribution in [2.24, 2.45) is 11.1 Å². The Balaban J connectivity index is 1.87. The number of aryl methyl sites for hydroxylation is 1. The quantitative estimate of drug-likeness (QED) is 0.782. The Labute approximate surface area is 166 Å². The van der Waals surface area contributed by atoms with E-state index in [2.05, 4.69) is 17.0 Å². The van der Waals surface area contributed by atoms with E-state index < -0.39 is 11.0 Å². The molecule has 0 spiro atoms. The van der Waals surface area contributed by atoms with Crippen LogP contribution in [-0.4, -0.2) is 47.6 Å². The van der Waals surface area contributed by atoms with E-state index in [0.29, 0.717) is 25.0 Å². The first-order valence-electron chi connectivity index (χ1n) is 10.4. The van der Waals surface area contributed by atoms with Gasteiger partial charge >= 0.3 is 0 Å². The second-order valence-electron chi connectivity index (χ2n) is 8.99. The van der Waals surface area contributed by atoms with Gasteiger partial charge in [0.25, 0.3) is 0 Å². The van der Waals surface area contributed by atoms with Gasteiger partial charge in [-0.3, -0.25) is 9.69 Å². The summed E-state index contributed by atoms with van der Waals surface area (Å²) < 4.78 is 5.63. The van der Waals surface area contributed by atoms with Crippen LogP contribution in [0.4, 0.5) is 5.69 Å². The van der Waals surface area contributed by atoms with Crippen LogP contribution in [0.25, 0.3) is 0 Å². The van der Waals surface area contributed by atoms with Crippen LogP contribution in [0.3, 0.4) is 0 Å². The van der Waals surface area contributed by atoms with Crippen molar-refractivity contribution in [3.63, 3.8) is 0 Å². The van der Waals surface area contributed by atoms with Crippen LogP contribution >= 0.6 is 0 Å². The highest BCUT2D eigenvalue weighted by Crippen LogP contribution is 2.57. The van der Waals surface area contributed by atoms with Crippen LogP contribution in [0.5, 0.6) is 5.75 Å². The number of ketones is 1. The van der Waals surface area contributed by atoms with Crippen LogP contribution < -0.4 is 4.74 Å². The average Bonchev–Trinajstić information content (AvgIpc) is 3.50. The van der Waals surface area contributed by atoms with E-state index in [-0.39, 0.29) is 23.9 Å². The number of methoxy groups -OCH3 is 1. The zero-order valence-electron chi connectivity index (χ0n) is 17.0. The highest BCUT2D eigenvalue weighted by molar-refractivity contribution is 5.83. The number of hydrogen-bond acceptors (Lipinski definition) is 6. The molecule has 0 amide bonds. The topological polar surface area (TPSA) is 79.2 Å². The van der Waals surface area contributed by atoms with E-state index in [1.54, 1.807) is 6.07 Å². The molecule has 1 aromatic rings. The molecule has 0 bridgehead atoms. The minimum atomic E-state index is -1.05. The number of carbonyl (C=O) groups is 1. The third kappa shape index (κ3) is 2.80. The van der Waals surface area contributed by atoms with Gasteiger partial charge in [0.15, 0.2) is 5.75 Å². The molecule has 1 aromatic carbocycles. The zero-order valence-corrected chi connectivity index (χ0v) is 17.0. The molecule has 1 N–H and O–H groups in total. The predicted octanol–water partition coefficient (Wildman–Crippen LogP) is 3.63. The monoisotopic (exact) mass is 386 g/mol. The van der Waals surface area contributed by atoms with E-state index in [9.17, 15) is 14.8 Å². The number of carbonyl (C=O) groups excluding carboxylic acids is 1. The summed E-state index contributed by atoms with van der Waals surface area (Å²) in [7, 11) is 1.53. The maximum absolute atomic E-state index is 12.6. The lowest BCUT2D eigenvalue weighted by atomic mass is 9.53. The standard InChI is InChI=1S/C22H30N2O4/c1-14-4-7-18(23-27)20(28-3)19(14)21-10-11-24(13-16-5-6-16)15(2)22(21,26)9-8-17(25)12-21/h4,7,15-16,26H,5-6,8-13H2,1-3H3/t15-,21-,22-/m1/s1. The second kappa shape index (κ2) is 6.92. The van der Waals surface area contributed by atoms with E-state index in [0.717, 1.165) is 30.1 Å². The molecule has 1 aliphatic heterocycles. The van der Waals surface area contributed by atoms with Gasteiger partial charge in [0.1, 0.15) is 11.5 Å². The number of benzene rings is 1. The number of hydrogen-bond donors (Lipinski definition) is 1. The van der Waals surface area contributed by atoms with E-state index >= 15 is 0 Å². The van der Waals surface area contributed by atoms with Crippen LogP contribution in [0.15, 0.2) is 17.3 Å². The van der Waals surface area contributed by atoms with Crippen molar-refractivity contribution in [2.45, 2.75) is 69.4 Å². The number of ether oxygens (including phenoxy) is 1. The summed E-state index contributed by atoms with van der Waals surface area (Å²) in [4.78, 5) is 26.4. The molecule has 6 heteroatoms. The smallest absolute Gasteiger partial charge is 0.152 e. The number of likely N-dealkylation sites (tertiary alicyclic amines) is 1. The number of aliphatic hydroxyl groups is 1. The van der Waals surface area contributed by atoms with Crippen LogP contribution in [-0.2, 0) is 10.2 Å². The summed E-state index contributed by atoms with van der Waals surface area (Å²) in [6.07, 6.45) is 4.33. The van der Waals surface area contributed by atoms with Crippen molar-refractivity contribution in [3.8, 4) is 5.75 Å². The van der Waals surface area contributed by atoms with Crippen LogP contribution in [0, 0.1) is 17.7 Å². The number of Topliss-reactive ketones (excluding diaryl/α,β-unsaturated/α-hetero) is 1. The Morgan fingerprint density at radius 3 is 2.71 bits per heavy atom. The van der Waals surface area contributed by atoms with Crippen molar-refractivity contribution < 1.29 is 14.6 Å². The summed E-state index contributed by atoms with van der Waals surface area (Å²) in [6.45, 7) is 5.89. The van der Waals surface area contributed by atoms with Gasteiger partial charge in [-0.05, 0) is 68.8 Å². The molecule has 0 aromatic heterocycles. The fourth-order valence-electron chi connectivity index (χ4n) is 5.75. The van der Waals surface area contributed by atoms with Crippen molar-refractivity contribution in [1.82, 2.24) is 4.90 Å². The molecule has 2 aliphatic carbocycles. The van der Waals surface area contributed by atoms with Crippen LogP contribution in [0.1, 0.15) is 56.6 Å². The Morgan fingerprint density at radius 1 is 1.32 bits per heavy atom. The van der Waals surface area contributed by atoms with Crippen LogP contribution in [0.2, 0.25) is 0 Å². The lowest BCUT2D eigenvalue weighted by molar-refractivity contribution is -0.165. The Morgan fingerprint density at radius 2 is 2.07 bits per heavy atom. The molecular formula is C22H30N2O4. The fraction of sp³-hybridized carbons (Fsp3) is 0.682. The fourth-order valence-corrected chi connectivity index (χ4v) is 5.75. The SMILES string of the molecule is COc1c(N=O)ccc(C)c1[C@]12CCN(CC3CC3)[C@H](C)[C@]1(O)CCC(=O)C2. The normalized spacial score (nSPS) is 33.4. The summed E-state index contributed by atoms with van der Waals surface area (Å²) >= 11 is 0. The van der Waals surface area contributed by atoms with Gasteiger partial charge in [-0.1, -0.05) is 6.07 Å². The molecule has 0 radical (unpaired) electrons. The zero-order chi connectivity index (χ0) is 20.1. The summed E-state index contributed by atoms with van der Waals surface area (Å²) in [5.41, 5.74) is 0.151. The Hall–Kier alpha value is -1.79. The molecule has 152 valence electrons. The third-order valence-electron chi connectivity index (χ3n) is 7.49. The second-order valence-corrected chi connectivity index (χ2v) is 8.99. The van der Waals surface area contributed by atoms with Crippen molar-refractivity contribution in [2.75, 3.05) is 20.2 Å². The largest absolute Gasteiger partial charge is 0.494 e. The first kappa shape index (κ1) is 19.5. The van der Waals surface area contributed by atoms with Gasteiger partial charge in [0.2, 0.25) is 0 Å². The number of fused-ring (bicyclic) bond motifs is 1. The highest BCUT2D eigenvalue weighted by atomic mass is 16.5. The maximum atomic E-state index is 12.6. The summed E-state index contributed by atoms with van der Waals surface area (Å²) in [5, 5.41) is 15.3. The van der Waals surface area contributed by atoms with Gasteiger partial charge in [-0.15, -0.1) is 4.91 Å². The average molecular weight is 386 g/mol. The summed E-state index contributed by atoms with van der Waals surface area (Å²) in [5.74, 6) is 1.31. The van der Waals surface area contributed by atoms with Gasteiger partial charge in [-0.2, -0.15) is 0 Å². The van der Waals surface area contributed by atoms with Crippen molar-refractivity contribution >= 4 is 11.5 Å². The highest BCUT2D eigenvalue weighted by Gasteiger charge is 2.62. The van der Waals surface area contributed by atoms with Gasteiger partial charge in [0, 0.05) is 36.4 Å². The number of nitrogens with zero attached hydrogens (tertiary/aromatic N) is 2. The minimum Gasteiger partial charge on any atom is -0.494 e. The molecule has 1 saturated heterocycles. The lowest BCUT2D eigenvalue weighted by Crippen LogP contribution is -2.70. The maximum Gasteiger partial charge on any atom is 0.152 e. The summed E-state index contributed by atoms with van der Waals surface area (Å²) in [6, 6.07) is 3.44. The molecule has 6 nitrogen and oxygen atoms in total. The van der Waals surface area contributed by atoms with Gasteiger partial charge < -0.3 is 9.84 Å². The van der Waals surface area contributed by atoms with E-state index in [4.69, 9.17) is 4.74 Å². The minimum absolute atomic E-state index is 0.0631. The van der Waals surface area contributed by atoms with E-state index in [1.165, 1.54) is 20.0 Å². The Kier molecular flexibility index (Phi) is 4.82. The van der Waals surface area contributed by atoms with E-state index in [1.807, 2.05) is 13.0 Å². The molecule has 1 heterocycles. The molecule has 3 aliphatic rings. The lowest BCUT2D eigenvalue weighted by Gasteiger charge is -2.60. The molecule has 2 saturated carbocycles. The number of nitroso groups, excluding NO2 is 1. The molecule has 28 heavy (non-hydrogen) atoms. The molecular weight excluding hydrogens is 356 g/mol. The first-order valence-corrected chi connectivity index (χ1v) is 10.4.